The van der Waals surface area contributed by atoms with Crippen molar-refractivity contribution in [1.29, 1.82) is 0 Å². The van der Waals surface area contributed by atoms with Crippen LogP contribution in [0.15, 0.2) is 42.5 Å². The molecule has 0 radical (unpaired) electrons. The number of ether oxygens (including phenoxy) is 2. The molecule has 2 heterocycles. The molecule has 0 saturated carbocycles. The minimum absolute atomic E-state index is 0.128. The number of para-hydroxylation sites is 2. The highest BCUT2D eigenvalue weighted by Gasteiger charge is 2.34. The van der Waals surface area contributed by atoms with Crippen LogP contribution in [0.4, 0.5) is 0 Å². The first-order chi connectivity index (χ1) is 14.6. The summed E-state index contributed by atoms with van der Waals surface area (Å²) < 4.78 is 12.1. The van der Waals surface area contributed by atoms with Gasteiger partial charge in [-0.15, -0.1) is 11.3 Å². The number of nitrogens with zero attached hydrogens (tertiary/aromatic N) is 2. The van der Waals surface area contributed by atoms with Crippen LogP contribution in [0.1, 0.15) is 29.5 Å². The molecule has 0 spiro atoms. The first kappa shape index (κ1) is 20.6. The van der Waals surface area contributed by atoms with E-state index >= 15 is 0 Å². The van der Waals surface area contributed by atoms with Gasteiger partial charge in [-0.25, -0.2) is 4.98 Å². The Morgan fingerprint density at radius 3 is 2.80 bits per heavy atom. The van der Waals surface area contributed by atoms with Crippen LogP contribution in [0.5, 0.6) is 11.5 Å². The van der Waals surface area contributed by atoms with Gasteiger partial charge in [-0.3, -0.25) is 4.79 Å². The Balaban J connectivity index is 1.45. The summed E-state index contributed by atoms with van der Waals surface area (Å²) in [5, 5.41) is 1.15. The number of hydrogen-bond donors (Lipinski definition) is 1. The highest BCUT2D eigenvalue weighted by Crippen LogP contribution is 2.31. The maximum atomic E-state index is 13.0. The third-order valence-electron chi connectivity index (χ3n) is 5.79. The van der Waals surface area contributed by atoms with Gasteiger partial charge in [-0.2, -0.15) is 0 Å². The van der Waals surface area contributed by atoms with E-state index in [2.05, 4.69) is 18.2 Å². The number of aromatic nitrogens is 1. The molecule has 0 bridgehead atoms. The summed E-state index contributed by atoms with van der Waals surface area (Å²) in [4.78, 5) is 21.0. The monoisotopic (exact) mass is 426 g/mol. The molecule has 7 heteroatoms. The molecule has 1 aromatic heterocycles. The Labute approximate surface area is 181 Å². The standard InChI is InChI=1S/C23H27N3O3S/c1-25(14-16-8-6-11-19(28-2)22(16)29-3)21(27)15-26-13-7-10-18(26)23-24-17-9-4-5-12-20(17)30-23/h4-6,8-9,11-12,18H,7,10,13-15H2,1-3H3/p+1/t18-/m0/s1. The van der Waals surface area contributed by atoms with E-state index in [1.165, 1.54) is 9.60 Å². The highest BCUT2D eigenvalue weighted by molar-refractivity contribution is 7.18. The van der Waals surface area contributed by atoms with E-state index in [-0.39, 0.29) is 5.91 Å². The number of carbonyl (C=O) groups excluding carboxylic acids is 1. The average Bonchev–Trinajstić information content (AvgIpc) is 3.39. The van der Waals surface area contributed by atoms with Crippen molar-refractivity contribution < 1.29 is 19.2 Å². The molecular formula is C23H28N3O3S+. The number of amides is 1. The summed E-state index contributed by atoms with van der Waals surface area (Å²) in [5.74, 6) is 1.49. The number of quaternary nitrogens is 1. The van der Waals surface area contributed by atoms with Crippen LogP contribution in [0.25, 0.3) is 10.2 Å². The number of likely N-dealkylation sites (tertiary alicyclic amines) is 1. The summed E-state index contributed by atoms with van der Waals surface area (Å²) >= 11 is 1.76. The first-order valence-electron chi connectivity index (χ1n) is 10.2. The number of rotatable bonds is 7. The predicted octanol–water partition coefficient (Wildman–Crippen LogP) is 2.69. The zero-order chi connectivity index (χ0) is 21.1. The van der Waals surface area contributed by atoms with Gasteiger partial charge in [0.05, 0.1) is 31.0 Å². The molecule has 2 aromatic carbocycles. The summed E-state index contributed by atoms with van der Waals surface area (Å²) in [5.41, 5.74) is 1.99. The van der Waals surface area contributed by atoms with E-state index < -0.39 is 0 Å². The molecule has 1 unspecified atom stereocenters. The predicted molar refractivity (Wildman–Crippen MR) is 118 cm³/mol. The molecule has 1 aliphatic rings. The summed E-state index contributed by atoms with van der Waals surface area (Å²) in [6.45, 7) is 1.96. The number of fused-ring (bicyclic) bond motifs is 1. The second-order valence-corrected chi connectivity index (χ2v) is 8.76. The molecule has 158 valence electrons. The van der Waals surface area contributed by atoms with Crippen LogP contribution < -0.4 is 14.4 Å². The van der Waals surface area contributed by atoms with Gasteiger partial charge in [0.15, 0.2) is 23.1 Å². The summed E-state index contributed by atoms with van der Waals surface area (Å²) in [6.07, 6.45) is 2.20. The van der Waals surface area contributed by atoms with Gasteiger partial charge < -0.3 is 19.3 Å². The fourth-order valence-electron chi connectivity index (χ4n) is 4.21. The molecule has 3 aromatic rings. The third-order valence-corrected chi connectivity index (χ3v) is 6.94. The Bertz CT molecular complexity index is 1000. The SMILES string of the molecule is COc1cccc(CN(C)C(=O)C[NH+]2CCC[C@H]2c2nc3ccccc3s2)c1OC. The van der Waals surface area contributed by atoms with Crippen molar-refractivity contribution >= 4 is 27.5 Å². The number of thiazole rings is 1. The van der Waals surface area contributed by atoms with Crippen molar-refractivity contribution in [2.75, 3.05) is 34.4 Å². The number of hydrogen-bond acceptors (Lipinski definition) is 5. The van der Waals surface area contributed by atoms with Crippen molar-refractivity contribution in [2.24, 2.45) is 0 Å². The first-order valence-corrected chi connectivity index (χ1v) is 11.1. The number of methoxy groups -OCH3 is 2. The molecule has 0 aliphatic carbocycles. The van der Waals surface area contributed by atoms with E-state index in [0.717, 1.165) is 35.5 Å². The Hall–Kier alpha value is -2.64. The third kappa shape index (κ3) is 4.13. The number of carbonyl (C=O) groups is 1. The lowest BCUT2D eigenvalue weighted by Gasteiger charge is -2.24. The van der Waals surface area contributed by atoms with Gasteiger partial charge in [-0.05, 0) is 18.2 Å². The largest absolute Gasteiger partial charge is 0.493 e. The van der Waals surface area contributed by atoms with Crippen molar-refractivity contribution in [3.8, 4) is 11.5 Å². The molecule has 4 rings (SSSR count). The van der Waals surface area contributed by atoms with Gasteiger partial charge in [0.25, 0.3) is 5.91 Å². The molecule has 1 saturated heterocycles. The topological polar surface area (TPSA) is 56.1 Å². The summed E-state index contributed by atoms with van der Waals surface area (Å²) in [7, 11) is 5.10. The van der Waals surface area contributed by atoms with Gasteiger partial charge in [0.1, 0.15) is 6.04 Å². The van der Waals surface area contributed by atoms with E-state index in [4.69, 9.17) is 14.5 Å². The molecule has 1 amide bonds. The van der Waals surface area contributed by atoms with Crippen LogP contribution in [-0.2, 0) is 11.3 Å². The van der Waals surface area contributed by atoms with Crippen LogP contribution in [0.2, 0.25) is 0 Å². The Kier molecular flexibility index (Phi) is 6.20. The smallest absolute Gasteiger partial charge is 0.277 e. The lowest BCUT2D eigenvalue weighted by atomic mass is 10.1. The minimum atomic E-state index is 0.128. The average molecular weight is 427 g/mol. The van der Waals surface area contributed by atoms with Gasteiger partial charge in [0.2, 0.25) is 0 Å². The fraction of sp³-hybridized carbons (Fsp3) is 0.391. The van der Waals surface area contributed by atoms with Crippen molar-refractivity contribution in [3.63, 3.8) is 0 Å². The maximum absolute atomic E-state index is 13.0. The lowest BCUT2D eigenvalue weighted by Crippen LogP contribution is -3.11. The van der Waals surface area contributed by atoms with Crippen LogP contribution in [0.3, 0.4) is 0 Å². The van der Waals surface area contributed by atoms with Crippen LogP contribution >= 0.6 is 11.3 Å². The van der Waals surface area contributed by atoms with E-state index in [0.29, 0.717) is 30.6 Å². The van der Waals surface area contributed by atoms with Crippen molar-refractivity contribution in [1.82, 2.24) is 9.88 Å². The number of likely N-dealkylation sites (N-methyl/N-ethyl adjacent to an activating group) is 1. The zero-order valence-corrected chi connectivity index (χ0v) is 18.5. The molecule has 1 aliphatic heterocycles. The highest BCUT2D eigenvalue weighted by atomic mass is 32.1. The second kappa shape index (κ2) is 9.02. The van der Waals surface area contributed by atoms with Crippen LogP contribution in [0, 0.1) is 0 Å². The maximum Gasteiger partial charge on any atom is 0.277 e. The van der Waals surface area contributed by atoms with Crippen molar-refractivity contribution in [2.45, 2.75) is 25.4 Å². The molecule has 30 heavy (non-hydrogen) atoms. The molecule has 1 N–H and O–H groups in total. The van der Waals surface area contributed by atoms with Gasteiger partial charge in [0, 0.05) is 32.0 Å². The van der Waals surface area contributed by atoms with Crippen molar-refractivity contribution in [3.05, 3.63) is 53.0 Å². The Morgan fingerprint density at radius 2 is 2.03 bits per heavy atom. The summed E-state index contributed by atoms with van der Waals surface area (Å²) in [6, 6.07) is 14.3. The molecule has 1 fully saturated rings. The molecular weight excluding hydrogens is 398 g/mol. The molecule has 6 nitrogen and oxygen atoms in total. The fourth-order valence-corrected chi connectivity index (χ4v) is 5.37. The number of benzene rings is 2. The van der Waals surface area contributed by atoms with Crippen LogP contribution in [-0.4, -0.2) is 50.1 Å². The molecule has 2 atom stereocenters. The normalized spacial score (nSPS) is 18.5. The van der Waals surface area contributed by atoms with E-state index in [9.17, 15) is 4.79 Å². The van der Waals surface area contributed by atoms with E-state index in [1.807, 2.05) is 31.3 Å². The second-order valence-electron chi connectivity index (χ2n) is 7.70. The Morgan fingerprint density at radius 1 is 1.20 bits per heavy atom. The number of nitrogens with one attached hydrogen (secondary N) is 1. The van der Waals surface area contributed by atoms with E-state index in [1.54, 1.807) is 30.5 Å². The van der Waals surface area contributed by atoms with Gasteiger partial charge in [-0.1, -0.05) is 24.3 Å². The zero-order valence-electron chi connectivity index (χ0n) is 17.7. The lowest BCUT2D eigenvalue weighted by molar-refractivity contribution is -0.910. The van der Waals surface area contributed by atoms with Gasteiger partial charge >= 0.3 is 0 Å². The quantitative estimate of drug-likeness (QED) is 0.631. The minimum Gasteiger partial charge on any atom is -0.493 e.